The van der Waals surface area contributed by atoms with Crippen molar-refractivity contribution < 1.29 is 14.6 Å². The number of rotatable bonds is 8. The Hall–Kier alpha value is -1.71. The minimum atomic E-state index is -0.777. The van der Waals surface area contributed by atoms with Crippen molar-refractivity contribution in [3.05, 3.63) is 24.3 Å². The Balaban J connectivity index is 2.96. The maximum Gasteiger partial charge on any atom is 0.305 e. The summed E-state index contributed by atoms with van der Waals surface area (Å²) in [7, 11) is 0. The lowest BCUT2D eigenvalue weighted by atomic mass is 10.1. The molecule has 0 aliphatic carbocycles. The smallest absolute Gasteiger partial charge is 0.305 e. The molecule has 0 atom stereocenters. The number of benzene rings is 1. The van der Waals surface area contributed by atoms with Crippen LogP contribution in [0.3, 0.4) is 0 Å². The summed E-state index contributed by atoms with van der Waals surface area (Å²) in [5, 5.41) is 8.90. The first-order valence-electron chi connectivity index (χ1n) is 7.12. The molecule has 1 aromatic carbocycles. The van der Waals surface area contributed by atoms with E-state index in [1.165, 1.54) is 0 Å². The molecule has 0 amide bonds. The molecule has 0 saturated carbocycles. The summed E-state index contributed by atoms with van der Waals surface area (Å²) in [6.07, 6.45) is 0.222. The maximum absolute atomic E-state index is 10.8. The number of para-hydroxylation sites is 2. The first-order valence-corrected chi connectivity index (χ1v) is 7.12. The molecule has 1 aromatic rings. The van der Waals surface area contributed by atoms with Gasteiger partial charge in [0.15, 0.2) is 0 Å². The summed E-state index contributed by atoms with van der Waals surface area (Å²) in [5.74, 6) is 0.491. The van der Waals surface area contributed by atoms with Crippen LogP contribution in [0.15, 0.2) is 24.3 Å². The van der Waals surface area contributed by atoms with Gasteiger partial charge in [0.05, 0.1) is 18.2 Å². The quantitative estimate of drug-likeness (QED) is 0.792. The van der Waals surface area contributed by atoms with Crippen molar-refractivity contribution in [2.45, 2.75) is 40.2 Å². The fourth-order valence-corrected chi connectivity index (χ4v) is 2.05. The molecule has 0 aliphatic heterocycles. The molecule has 0 spiro atoms. The van der Waals surface area contributed by atoms with Gasteiger partial charge in [-0.3, -0.25) is 4.79 Å². The third-order valence-corrected chi connectivity index (χ3v) is 2.75. The molecule has 112 valence electrons. The Morgan fingerprint density at radius 2 is 1.90 bits per heavy atom. The van der Waals surface area contributed by atoms with Gasteiger partial charge in [-0.15, -0.1) is 0 Å². The van der Waals surface area contributed by atoms with Crippen LogP contribution in [0, 0.1) is 5.92 Å². The van der Waals surface area contributed by atoms with E-state index >= 15 is 0 Å². The number of anilines is 1. The predicted octanol–water partition coefficient (Wildman–Crippen LogP) is 3.41. The van der Waals surface area contributed by atoms with Gasteiger partial charge in [0.25, 0.3) is 0 Å². The Morgan fingerprint density at radius 3 is 2.45 bits per heavy atom. The monoisotopic (exact) mass is 279 g/mol. The number of nitrogens with zero attached hydrogens (tertiary/aromatic N) is 1. The second kappa shape index (κ2) is 7.78. The van der Waals surface area contributed by atoms with Gasteiger partial charge in [-0.2, -0.15) is 0 Å². The Bertz CT molecular complexity index is 429. The summed E-state index contributed by atoms with van der Waals surface area (Å²) >= 11 is 0. The largest absolute Gasteiger partial charge is 0.489 e. The standard InChI is InChI=1S/C16H25NO3/c1-12(2)11-17(10-9-16(18)19)14-7-5-6-8-15(14)20-13(3)4/h5-8,12-13H,9-11H2,1-4H3,(H,18,19). The van der Waals surface area contributed by atoms with Crippen LogP contribution in [0.1, 0.15) is 34.1 Å². The van der Waals surface area contributed by atoms with Crippen molar-refractivity contribution in [1.82, 2.24) is 0 Å². The van der Waals surface area contributed by atoms with Crippen molar-refractivity contribution in [2.24, 2.45) is 5.92 Å². The molecule has 0 heterocycles. The highest BCUT2D eigenvalue weighted by Crippen LogP contribution is 2.29. The molecule has 4 nitrogen and oxygen atoms in total. The van der Waals surface area contributed by atoms with E-state index in [4.69, 9.17) is 9.84 Å². The second-order valence-electron chi connectivity index (χ2n) is 5.62. The zero-order valence-electron chi connectivity index (χ0n) is 12.8. The zero-order chi connectivity index (χ0) is 15.1. The lowest BCUT2D eigenvalue weighted by Gasteiger charge is -2.28. The van der Waals surface area contributed by atoms with Crippen LogP contribution in [0.5, 0.6) is 5.75 Å². The SMILES string of the molecule is CC(C)CN(CCC(=O)O)c1ccccc1OC(C)C. The highest BCUT2D eigenvalue weighted by atomic mass is 16.5. The Morgan fingerprint density at radius 1 is 1.25 bits per heavy atom. The number of ether oxygens (including phenoxy) is 1. The Labute approximate surface area is 121 Å². The van der Waals surface area contributed by atoms with E-state index in [1.54, 1.807) is 0 Å². The topological polar surface area (TPSA) is 49.8 Å². The van der Waals surface area contributed by atoms with Crippen LogP contribution in [-0.4, -0.2) is 30.3 Å². The molecule has 0 unspecified atom stereocenters. The highest BCUT2D eigenvalue weighted by Gasteiger charge is 2.15. The maximum atomic E-state index is 10.8. The molecule has 0 fully saturated rings. The zero-order valence-corrected chi connectivity index (χ0v) is 12.8. The first kappa shape index (κ1) is 16.3. The second-order valence-corrected chi connectivity index (χ2v) is 5.62. The first-order chi connectivity index (χ1) is 9.40. The van der Waals surface area contributed by atoms with E-state index < -0.39 is 5.97 Å². The van der Waals surface area contributed by atoms with Gasteiger partial charge in [-0.25, -0.2) is 0 Å². The average molecular weight is 279 g/mol. The predicted molar refractivity (Wildman–Crippen MR) is 81.5 cm³/mol. The van der Waals surface area contributed by atoms with E-state index in [9.17, 15) is 4.79 Å². The third-order valence-electron chi connectivity index (χ3n) is 2.75. The lowest BCUT2D eigenvalue weighted by molar-refractivity contribution is -0.136. The molecule has 0 aliphatic rings. The van der Waals surface area contributed by atoms with Crippen molar-refractivity contribution in [1.29, 1.82) is 0 Å². The van der Waals surface area contributed by atoms with Crippen molar-refractivity contribution in [2.75, 3.05) is 18.0 Å². The summed E-state index contributed by atoms with van der Waals surface area (Å²) < 4.78 is 5.83. The van der Waals surface area contributed by atoms with Gasteiger partial charge in [0.2, 0.25) is 0 Å². The minimum Gasteiger partial charge on any atom is -0.489 e. The molecule has 20 heavy (non-hydrogen) atoms. The molecular formula is C16H25NO3. The Kier molecular flexibility index (Phi) is 6.36. The molecular weight excluding hydrogens is 254 g/mol. The summed E-state index contributed by atoms with van der Waals surface area (Å²) in [6.45, 7) is 9.53. The van der Waals surface area contributed by atoms with Gasteiger partial charge in [-0.05, 0) is 31.9 Å². The summed E-state index contributed by atoms with van der Waals surface area (Å²) in [4.78, 5) is 12.9. The number of carboxylic acids is 1. The van der Waals surface area contributed by atoms with Gasteiger partial charge < -0.3 is 14.7 Å². The molecule has 0 bridgehead atoms. The van der Waals surface area contributed by atoms with Gasteiger partial charge in [-0.1, -0.05) is 26.0 Å². The molecule has 0 radical (unpaired) electrons. The van der Waals surface area contributed by atoms with E-state index in [1.807, 2.05) is 38.1 Å². The average Bonchev–Trinajstić information content (AvgIpc) is 2.34. The van der Waals surface area contributed by atoms with Crippen LogP contribution in [0.2, 0.25) is 0 Å². The van der Waals surface area contributed by atoms with Crippen molar-refractivity contribution in [3.63, 3.8) is 0 Å². The number of carboxylic acid groups (broad SMARTS) is 1. The van der Waals surface area contributed by atoms with E-state index in [-0.39, 0.29) is 12.5 Å². The normalized spacial score (nSPS) is 10.9. The molecule has 0 aromatic heterocycles. The molecule has 0 saturated heterocycles. The van der Waals surface area contributed by atoms with Crippen molar-refractivity contribution in [3.8, 4) is 5.75 Å². The molecule has 4 heteroatoms. The van der Waals surface area contributed by atoms with Crippen LogP contribution < -0.4 is 9.64 Å². The summed E-state index contributed by atoms with van der Waals surface area (Å²) in [6, 6.07) is 7.81. The van der Waals surface area contributed by atoms with Gasteiger partial charge in [0, 0.05) is 13.1 Å². The number of hydrogen-bond donors (Lipinski definition) is 1. The molecule has 1 N–H and O–H groups in total. The minimum absolute atomic E-state index is 0.0940. The van der Waals surface area contributed by atoms with Crippen LogP contribution in [-0.2, 0) is 4.79 Å². The third kappa shape index (κ3) is 5.51. The number of hydrogen-bond acceptors (Lipinski definition) is 3. The van der Waals surface area contributed by atoms with E-state index in [2.05, 4.69) is 18.7 Å². The fraction of sp³-hybridized carbons (Fsp3) is 0.562. The van der Waals surface area contributed by atoms with Gasteiger partial charge >= 0.3 is 5.97 Å². The van der Waals surface area contributed by atoms with Crippen LogP contribution >= 0.6 is 0 Å². The van der Waals surface area contributed by atoms with Crippen LogP contribution in [0.4, 0.5) is 5.69 Å². The van der Waals surface area contributed by atoms with Gasteiger partial charge in [0.1, 0.15) is 5.75 Å². The fourth-order valence-electron chi connectivity index (χ4n) is 2.05. The summed E-state index contributed by atoms with van der Waals surface area (Å²) in [5.41, 5.74) is 0.969. The number of carbonyl (C=O) groups is 1. The number of aliphatic carboxylic acids is 1. The highest BCUT2D eigenvalue weighted by molar-refractivity contribution is 5.68. The van der Waals surface area contributed by atoms with E-state index in [0.29, 0.717) is 12.5 Å². The van der Waals surface area contributed by atoms with Crippen LogP contribution in [0.25, 0.3) is 0 Å². The van der Waals surface area contributed by atoms with Crippen molar-refractivity contribution >= 4 is 11.7 Å². The van der Waals surface area contributed by atoms with E-state index in [0.717, 1.165) is 18.0 Å². The molecule has 1 rings (SSSR count). The lowest BCUT2D eigenvalue weighted by Crippen LogP contribution is -2.30.